The molecule has 0 aliphatic heterocycles. The van der Waals surface area contributed by atoms with E-state index in [4.69, 9.17) is 4.74 Å². The quantitative estimate of drug-likeness (QED) is 0.638. The topological polar surface area (TPSA) is 45.7 Å². The molecule has 0 spiro atoms. The van der Waals surface area contributed by atoms with Crippen LogP contribution in [-0.2, 0) is 0 Å². The maximum absolute atomic E-state index is 13.0. The van der Waals surface area contributed by atoms with E-state index in [1.54, 1.807) is 12.0 Å². The van der Waals surface area contributed by atoms with Crippen LogP contribution in [0.2, 0.25) is 0 Å². The number of nitrogens with zero attached hydrogens (tertiary/aromatic N) is 3. The second-order valence-electron chi connectivity index (χ2n) is 5.96. The lowest BCUT2D eigenvalue weighted by molar-refractivity contribution is 0.0985. The minimum atomic E-state index is -0.0338. The molecule has 0 fully saturated rings. The van der Waals surface area contributed by atoms with Crippen molar-refractivity contribution in [2.75, 3.05) is 39.2 Å². The SMILES string of the molecule is COc1ccc2nc(N(CCN(C)C)C(=O)c3ccccc3)sc2c1.Cl. The second-order valence-corrected chi connectivity index (χ2v) is 6.97. The summed E-state index contributed by atoms with van der Waals surface area (Å²) in [6, 6.07) is 15.1. The van der Waals surface area contributed by atoms with Crippen molar-refractivity contribution in [1.29, 1.82) is 0 Å². The summed E-state index contributed by atoms with van der Waals surface area (Å²) in [7, 11) is 5.63. The Labute approximate surface area is 163 Å². The van der Waals surface area contributed by atoms with Crippen LogP contribution in [0.15, 0.2) is 48.5 Å². The van der Waals surface area contributed by atoms with E-state index >= 15 is 0 Å². The molecule has 0 bridgehead atoms. The molecule has 2 aromatic carbocycles. The number of carbonyl (C=O) groups excluding carboxylic acids is 1. The number of rotatable bonds is 6. The first-order valence-corrected chi connectivity index (χ1v) is 8.86. The highest BCUT2D eigenvalue weighted by molar-refractivity contribution is 7.22. The van der Waals surface area contributed by atoms with Gasteiger partial charge in [0.25, 0.3) is 5.91 Å². The van der Waals surface area contributed by atoms with Crippen LogP contribution < -0.4 is 9.64 Å². The summed E-state index contributed by atoms with van der Waals surface area (Å²) >= 11 is 1.51. The van der Waals surface area contributed by atoms with Crippen molar-refractivity contribution in [2.24, 2.45) is 0 Å². The minimum Gasteiger partial charge on any atom is -0.497 e. The van der Waals surface area contributed by atoms with Crippen LogP contribution in [0.4, 0.5) is 5.13 Å². The van der Waals surface area contributed by atoms with Gasteiger partial charge in [-0.2, -0.15) is 0 Å². The number of likely N-dealkylation sites (N-methyl/N-ethyl adjacent to an activating group) is 1. The molecule has 0 radical (unpaired) electrons. The average molecular weight is 392 g/mol. The Balaban J connectivity index is 0.00000243. The van der Waals surface area contributed by atoms with E-state index in [9.17, 15) is 4.79 Å². The average Bonchev–Trinajstić information content (AvgIpc) is 3.04. The standard InChI is InChI=1S/C19H21N3O2S.ClH/c1-21(2)11-12-22(18(23)14-7-5-4-6-8-14)19-20-16-10-9-15(24-3)13-17(16)25-19;/h4-10,13H,11-12H2,1-3H3;1H. The molecular weight excluding hydrogens is 370 g/mol. The molecule has 7 heteroatoms. The van der Waals surface area contributed by atoms with Crippen LogP contribution in [0, 0.1) is 0 Å². The summed E-state index contributed by atoms with van der Waals surface area (Å²) < 4.78 is 6.28. The Kier molecular flexibility index (Phi) is 6.97. The highest BCUT2D eigenvalue weighted by Gasteiger charge is 2.21. The zero-order valence-electron chi connectivity index (χ0n) is 15.0. The van der Waals surface area contributed by atoms with E-state index in [-0.39, 0.29) is 18.3 Å². The van der Waals surface area contributed by atoms with Crippen molar-refractivity contribution in [3.8, 4) is 5.75 Å². The number of carbonyl (C=O) groups is 1. The number of amides is 1. The van der Waals surface area contributed by atoms with Gasteiger partial charge in [0.15, 0.2) is 5.13 Å². The largest absolute Gasteiger partial charge is 0.497 e. The number of ether oxygens (including phenoxy) is 1. The fraction of sp³-hybridized carbons (Fsp3) is 0.263. The predicted octanol–water partition coefficient (Wildman–Crippen LogP) is 3.94. The van der Waals surface area contributed by atoms with Gasteiger partial charge in [0.05, 0.1) is 17.3 Å². The Hall–Kier alpha value is -2.15. The molecule has 138 valence electrons. The molecular formula is C19H22ClN3O2S. The van der Waals surface area contributed by atoms with E-state index in [0.29, 0.717) is 17.2 Å². The highest BCUT2D eigenvalue weighted by Crippen LogP contribution is 2.32. The number of fused-ring (bicyclic) bond motifs is 1. The number of anilines is 1. The Morgan fingerprint density at radius 1 is 1.12 bits per heavy atom. The Bertz CT molecular complexity index is 868. The third kappa shape index (κ3) is 4.52. The molecule has 5 nitrogen and oxygen atoms in total. The van der Waals surface area contributed by atoms with Crippen molar-refractivity contribution in [2.45, 2.75) is 0 Å². The van der Waals surface area contributed by atoms with Crippen molar-refractivity contribution < 1.29 is 9.53 Å². The van der Waals surface area contributed by atoms with Crippen LogP contribution in [0.1, 0.15) is 10.4 Å². The zero-order valence-corrected chi connectivity index (χ0v) is 16.6. The molecule has 26 heavy (non-hydrogen) atoms. The minimum absolute atomic E-state index is 0. The number of benzene rings is 2. The number of methoxy groups -OCH3 is 1. The molecule has 3 rings (SSSR count). The van der Waals surface area contributed by atoms with Crippen molar-refractivity contribution in [3.05, 3.63) is 54.1 Å². The second kappa shape index (κ2) is 8.98. The maximum atomic E-state index is 13.0. The van der Waals surface area contributed by atoms with Crippen LogP contribution in [0.5, 0.6) is 5.75 Å². The van der Waals surface area contributed by atoms with Gasteiger partial charge in [-0.1, -0.05) is 29.5 Å². The number of halogens is 1. The first-order chi connectivity index (χ1) is 12.1. The van der Waals surface area contributed by atoms with Gasteiger partial charge in [-0.25, -0.2) is 4.98 Å². The molecule has 1 amide bonds. The molecule has 0 aliphatic carbocycles. The molecule has 1 heterocycles. The predicted molar refractivity (Wildman–Crippen MR) is 110 cm³/mol. The lowest BCUT2D eigenvalue weighted by atomic mass is 10.2. The number of hydrogen-bond donors (Lipinski definition) is 0. The summed E-state index contributed by atoms with van der Waals surface area (Å²) in [5.41, 5.74) is 1.54. The zero-order chi connectivity index (χ0) is 17.8. The summed E-state index contributed by atoms with van der Waals surface area (Å²) in [6.07, 6.45) is 0. The van der Waals surface area contributed by atoms with Gasteiger partial charge in [0, 0.05) is 18.7 Å². The van der Waals surface area contributed by atoms with Gasteiger partial charge in [0.2, 0.25) is 0 Å². The summed E-state index contributed by atoms with van der Waals surface area (Å²) in [5, 5.41) is 0.707. The van der Waals surface area contributed by atoms with Crippen LogP contribution in [-0.4, -0.2) is 50.1 Å². The van der Waals surface area contributed by atoms with Crippen molar-refractivity contribution >= 4 is 45.0 Å². The molecule has 0 atom stereocenters. The van der Waals surface area contributed by atoms with Crippen LogP contribution >= 0.6 is 23.7 Å². The normalized spacial score (nSPS) is 10.6. The number of thiazole rings is 1. The van der Waals surface area contributed by atoms with Gasteiger partial charge in [-0.05, 0) is 44.4 Å². The van der Waals surface area contributed by atoms with Gasteiger partial charge >= 0.3 is 0 Å². The molecule has 3 aromatic rings. The van der Waals surface area contributed by atoms with E-state index < -0.39 is 0 Å². The fourth-order valence-corrected chi connectivity index (χ4v) is 3.47. The monoisotopic (exact) mass is 391 g/mol. The van der Waals surface area contributed by atoms with Gasteiger partial charge in [0.1, 0.15) is 5.75 Å². The van der Waals surface area contributed by atoms with Crippen molar-refractivity contribution in [1.82, 2.24) is 9.88 Å². The summed E-state index contributed by atoms with van der Waals surface area (Å²) in [4.78, 5) is 21.5. The Morgan fingerprint density at radius 2 is 1.85 bits per heavy atom. The lowest BCUT2D eigenvalue weighted by Crippen LogP contribution is -2.36. The molecule has 0 saturated heterocycles. The summed E-state index contributed by atoms with van der Waals surface area (Å²) in [6.45, 7) is 1.34. The van der Waals surface area contributed by atoms with E-state index in [1.807, 2.05) is 62.6 Å². The fourth-order valence-electron chi connectivity index (χ4n) is 2.46. The Morgan fingerprint density at radius 3 is 2.50 bits per heavy atom. The van der Waals surface area contributed by atoms with Gasteiger partial charge < -0.3 is 9.64 Å². The van der Waals surface area contributed by atoms with E-state index in [2.05, 4.69) is 9.88 Å². The molecule has 0 aliphatic rings. The third-order valence-electron chi connectivity index (χ3n) is 3.85. The number of hydrogen-bond acceptors (Lipinski definition) is 5. The van der Waals surface area contributed by atoms with Gasteiger partial charge in [-0.15, -0.1) is 12.4 Å². The van der Waals surface area contributed by atoms with Crippen LogP contribution in [0.25, 0.3) is 10.2 Å². The molecule has 1 aromatic heterocycles. The maximum Gasteiger partial charge on any atom is 0.260 e. The smallest absolute Gasteiger partial charge is 0.260 e. The van der Waals surface area contributed by atoms with Gasteiger partial charge in [-0.3, -0.25) is 9.69 Å². The lowest BCUT2D eigenvalue weighted by Gasteiger charge is -2.22. The molecule has 0 saturated carbocycles. The first-order valence-electron chi connectivity index (χ1n) is 8.04. The van der Waals surface area contributed by atoms with Crippen LogP contribution in [0.3, 0.4) is 0 Å². The first kappa shape index (κ1) is 20.2. The third-order valence-corrected chi connectivity index (χ3v) is 4.89. The molecule has 0 N–H and O–H groups in total. The van der Waals surface area contributed by atoms with E-state index in [1.165, 1.54) is 11.3 Å². The summed E-state index contributed by atoms with van der Waals surface area (Å²) in [5.74, 6) is 0.755. The highest BCUT2D eigenvalue weighted by atomic mass is 35.5. The molecule has 0 unspecified atom stereocenters. The van der Waals surface area contributed by atoms with Crippen molar-refractivity contribution in [3.63, 3.8) is 0 Å². The van der Waals surface area contributed by atoms with E-state index in [0.717, 1.165) is 22.5 Å². The number of aromatic nitrogens is 1.